The van der Waals surface area contributed by atoms with Gasteiger partial charge in [0.15, 0.2) is 4.80 Å². The van der Waals surface area contributed by atoms with Gasteiger partial charge in [-0.05, 0) is 42.0 Å². The number of hydrogen-bond donors (Lipinski definition) is 0. The van der Waals surface area contributed by atoms with E-state index in [4.69, 9.17) is 14.7 Å². The Morgan fingerprint density at radius 2 is 1.35 bits per heavy atom. The SMILES string of the molecule is COc1ccc(-n2c(-c3ccccc3)csc2=Nc2c3ccccc3nc3ccccc23)cc1. The maximum atomic E-state index is 5.39. The number of fused-ring (bicyclic) bond motifs is 2. The zero-order valence-corrected chi connectivity index (χ0v) is 19.4. The summed E-state index contributed by atoms with van der Waals surface area (Å²) >= 11 is 1.63. The molecule has 0 amide bonds. The smallest absolute Gasteiger partial charge is 0.195 e. The van der Waals surface area contributed by atoms with E-state index in [1.54, 1.807) is 18.4 Å². The first-order chi connectivity index (χ1) is 16.8. The van der Waals surface area contributed by atoms with Crippen molar-refractivity contribution in [3.05, 3.63) is 113 Å². The van der Waals surface area contributed by atoms with Crippen LogP contribution in [0.3, 0.4) is 0 Å². The summed E-state index contributed by atoms with van der Waals surface area (Å²) in [6.45, 7) is 0. The maximum absolute atomic E-state index is 5.39. The van der Waals surface area contributed by atoms with Crippen molar-refractivity contribution in [1.82, 2.24) is 9.55 Å². The quantitative estimate of drug-likeness (QED) is 0.263. The minimum Gasteiger partial charge on any atom is -0.497 e. The van der Waals surface area contributed by atoms with Crippen LogP contribution in [0.25, 0.3) is 38.8 Å². The van der Waals surface area contributed by atoms with E-state index >= 15 is 0 Å². The van der Waals surface area contributed by atoms with Gasteiger partial charge in [-0.1, -0.05) is 66.7 Å². The number of aromatic nitrogens is 2. The predicted octanol–water partition coefficient (Wildman–Crippen LogP) is 7.15. The average Bonchev–Trinajstić information content (AvgIpc) is 3.32. The minimum atomic E-state index is 0.824. The van der Waals surface area contributed by atoms with Crippen molar-refractivity contribution in [3.63, 3.8) is 0 Å². The Bertz CT molecular complexity index is 1630. The summed E-state index contributed by atoms with van der Waals surface area (Å²) in [4.78, 5) is 11.0. The van der Waals surface area contributed by atoms with Crippen LogP contribution in [0.4, 0.5) is 5.69 Å². The molecule has 4 aromatic carbocycles. The van der Waals surface area contributed by atoms with Gasteiger partial charge in [0.1, 0.15) is 5.75 Å². The van der Waals surface area contributed by atoms with Gasteiger partial charge in [-0.15, -0.1) is 11.3 Å². The summed E-state index contributed by atoms with van der Waals surface area (Å²) in [5.41, 5.74) is 6.08. The third kappa shape index (κ3) is 3.56. The standard InChI is InChI=1S/C29H21N3OS/c1-33-22-17-15-21(16-18-22)32-27(20-9-3-2-4-10-20)19-34-29(32)31-28-23-11-5-7-13-25(23)30-26-14-8-6-12-24(26)28/h2-19H,1H3. The molecule has 2 aromatic heterocycles. The number of methoxy groups -OCH3 is 1. The van der Waals surface area contributed by atoms with Crippen LogP contribution >= 0.6 is 11.3 Å². The van der Waals surface area contributed by atoms with Gasteiger partial charge in [0, 0.05) is 21.8 Å². The first-order valence-electron chi connectivity index (χ1n) is 11.0. The molecule has 0 spiro atoms. The van der Waals surface area contributed by atoms with E-state index in [9.17, 15) is 0 Å². The summed E-state index contributed by atoms with van der Waals surface area (Å²) in [5.74, 6) is 0.824. The highest BCUT2D eigenvalue weighted by Gasteiger charge is 2.13. The van der Waals surface area contributed by atoms with Gasteiger partial charge >= 0.3 is 0 Å². The summed E-state index contributed by atoms with van der Waals surface area (Å²) < 4.78 is 7.60. The highest BCUT2D eigenvalue weighted by molar-refractivity contribution is 7.07. The van der Waals surface area contributed by atoms with E-state index in [2.05, 4.69) is 58.5 Å². The Labute approximate surface area is 201 Å². The Hall–Kier alpha value is -4.22. The molecular formula is C29H21N3OS. The zero-order valence-electron chi connectivity index (χ0n) is 18.6. The van der Waals surface area contributed by atoms with E-state index in [-0.39, 0.29) is 0 Å². The fourth-order valence-corrected chi connectivity index (χ4v) is 5.13. The normalized spacial score (nSPS) is 11.9. The minimum absolute atomic E-state index is 0.824. The summed E-state index contributed by atoms with van der Waals surface area (Å²) in [6.07, 6.45) is 0. The fourth-order valence-electron chi connectivity index (χ4n) is 4.21. The second-order valence-corrected chi connectivity index (χ2v) is 8.75. The van der Waals surface area contributed by atoms with Crippen LogP contribution in [0.1, 0.15) is 0 Å². The molecule has 0 radical (unpaired) electrons. The van der Waals surface area contributed by atoms with Crippen LogP contribution in [0.5, 0.6) is 5.75 Å². The summed E-state index contributed by atoms with van der Waals surface area (Å²) in [5, 5.41) is 4.25. The number of hydrogen-bond acceptors (Lipinski definition) is 4. The number of nitrogens with zero attached hydrogens (tertiary/aromatic N) is 3. The van der Waals surface area contributed by atoms with Crippen LogP contribution < -0.4 is 9.54 Å². The first kappa shape index (κ1) is 20.4. The van der Waals surface area contributed by atoms with E-state index in [1.165, 1.54) is 0 Å². The summed E-state index contributed by atoms with van der Waals surface area (Å²) in [7, 11) is 1.68. The van der Waals surface area contributed by atoms with Crippen LogP contribution in [0.2, 0.25) is 0 Å². The molecule has 0 N–H and O–H groups in total. The van der Waals surface area contributed by atoms with E-state index in [1.807, 2.05) is 54.6 Å². The molecule has 2 heterocycles. The largest absolute Gasteiger partial charge is 0.497 e. The van der Waals surface area contributed by atoms with Crippen LogP contribution in [-0.4, -0.2) is 16.7 Å². The number of benzene rings is 4. The van der Waals surface area contributed by atoms with E-state index in [0.29, 0.717) is 0 Å². The molecule has 164 valence electrons. The van der Waals surface area contributed by atoms with Gasteiger partial charge in [-0.2, -0.15) is 0 Å². The van der Waals surface area contributed by atoms with Crippen molar-refractivity contribution in [2.75, 3.05) is 7.11 Å². The molecule has 0 atom stereocenters. The Kier molecular flexibility index (Phi) is 5.17. The monoisotopic (exact) mass is 459 g/mol. The lowest BCUT2D eigenvalue weighted by Crippen LogP contribution is -2.13. The van der Waals surface area contributed by atoms with Crippen molar-refractivity contribution < 1.29 is 4.74 Å². The number of rotatable bonds is 4. The number of pyridine rings is 1. The lowest BCUT2D eigenvalue weighted by atomic mass is 10.1. The van der Waals surface area contributed by atoms with Gasteiger partial charge in [-0.3, -0.25) is 4.57 Å². The van der Waals surface area contributed by atoms with Crippen molar-refractivity contribution in [2.45, 2.75) is 0 Å². The van der Waals surface area contributed by atoms with Crippen molar-refractivity contribution in [1.29, 1.82) is 0 Å². The molecule has 0 saturated heterocycles. The highest BCUT2D eigenvalue weighted by atomic mass is 32.1. The number of para-hydroxylation sites is 2. The molecule has 5 heteroatoms. The van der Waals surface area contributed by atoms with E-state index < -0.39 is 0 Å². The van der Waals surface area contributed by atoms with Crippen molar-refractivity contribution in [2.24, 2.45) is 4.99 Å². The van der Waals surface area contributed by atoms with Crippen LogP contribution in [0, 0.1) is 0 Å². The molecule has 0 bridgehead atoms. The average molecular weight is 460 g/mol. The number of thiazole rings is 1. The van der Waals surface area contributed by atoms with E-state index in [0.717, 1.165) is 55.0 Å². The van der Waals surface area contributed by atoms with Crippen LogP contribution in [0.15, 0.2) is 114 Å². The lowest BCUT2D eigenvalue weighted by molar-refractivity contribution is 0.414. The molecular weight excluding hydrogens is 438 g/mol. The van der Waals surface area contributed by atoms with Gasteiger partial charge in [0.25, 0.3) is 0 Å². The van der Waals surface area contributed by atoms with Gasteiger partial charge in [-0.25, -0.2) is 9.98 Å². The fraction of sp³-hybridized carbons (Fsp3) is 0.0345. The topological polar surface area (TPSA) is 39.4 Å². The van der Waals surface area contributed by atoms with Gasteiger partial charge in [0.2, 0.25) is 0 Å². The Balaban J connectivity index is 1.68. The van der Waals surface area contributed by atoms with Crippen molar-refractivity contribution in [3.8, 4) is 22.7 Å². The molecule has 6 aromatic rings. The van der Waals surface area contributed by atoms with Gasteiger partial charge in [0.05, 0.1) is 29.5 Å². The molecule has 6 rings (SSSR count). The summed E-state index contributed by atoms with van der Waals surface area (Å²) in [6, 6.07) is 34.9. The Morgan fingerprint density at radius 1 is 0.735 bits per heavy atom. The molecule has 0 aliphatic rings. The predicted molar refractivity (Wildman–Crippen MR) is 140 cm³/mol. The molecule has 0 aliphatic carbocycles. The Morgan fingerprint density at radius 3 is 2.00 bits per heavy atom. The third-order valence-corrected chi connectivity index (χ3v) is 6.70. The molecule has 34 heavy (non-hydrogen) atoms. The second-order valence-electron chi connectivity index (χ2n) is 7.91. The third-order valence-electron chi connectivity index (χ3n) is 5.88. The number of ether oxygens (including phenoxy) is 1. The highest BCUT2D eigenvalue weighted by Crippen LogP contribution is 2.33. The maximum Gasteiger partial charge on any atom is 0.195 e. The molecule has 0 unspecified atom stereocenters. The lowest BCUT2D eigenvalue weighted by Gasteiger charge is -2.11. The second kappa shape index (κ2) is 8.61. The van der Waals surface area contributed by atoms with Crippen molar-refractivity contribution >= 4 is 38.8 Å². The zero-order chi connectivity index (χ0) is 22.9. The molecule has 0 aliphatic heterocycles. The van der Waals surface area contributed by atoms with Gasteiger partial charge < -0.3 is 4.74 Å². The molecule has 4 nitrogen and oxygen atoms in total. The molecule has 0 fully saturated rings. The van der Waals surface area contributed by atoms with Crippen LogP contribution in [-0.2, 0) is 0 Å². The first-order valence-corrected chi connectivity index (χ1v) is 11.9. The molecule has 0 saturated carbocycles.